The van der Waals surface area contributed by atoms with Crippen molar-refractivity contribution < 1.29 is 40.6 Å². The maximum atomic E-state index is 12.0. The summed E-state index contributed by atoms with van der Waals surface area (Å²) >= 11 is 0. The van der Waals surface area contributed by atoms with Crippen LogP contribution in [0, 0.1) is 0 Å². The Hall–Kier alpha value is -1.80. The van der Waals surface area contributed by atoms with Crippen molar-refractivity contribution in [2.75, 3.05) is 20.3 Å². The highest BCUT2D eigenvalue weighted by atomic mass is 19.4. The monoisotopic (exact) mass is 304 g/mol. The van der Waals surface area contributed by atoms with Crippen LogP contribution in [-0.4, -0.2) is 32.7 Å². The number of rotatable bonds is 5. The van der Waals surface area contributed by atoms with E-state index in [4.69, 9.17) is 4.74 Å². The van der Waals surface area contributed by atoms with E-state index in [1.165, 1.54) is 7.11 Å². The summed E-state index contributed by atoms with van der Waals surface area (Å²) in [5, 5.41) is 0. The molecule has 3 nitrogen and oxygen atoms in total. The van der Waals surface area contributed by atoms with Crippen LogP contribution in [-0.2, 0) is 0 Å². The first kappa shape index (κ1) is 16.3. The number of hydrogen-bond acceptors (Lipinski definition) is 3. The molecule has 0 unspecified atom stereocenters. The number of halogens is 6. The van der Waals surface area contributed by atoms with Crippen molar-refractivity contribution >= 4 is 0 Å². The summed E-state index contributed by atoms with van der Waals surface area (Å²) in [4.78, 5) is 0. The molecule has 1 aromatic rings. The smallest absolute Gasteiger partial charge is 0.422 e. The van der Waals surface area contributed by atoms with Gasteiger partial charge in [0.1, 0.15) is 5.75 Å². The first-order valence-corrected chi connectivity index (χ1v) is 5.18. The van der Waals surface area contributed by atoms with Crippen LogP contribution in [0.15, 0.2) is 18.2 Å². The highest BCUT2D eigenvalue weighted by Crippen LogP contribution is 2.33. The van der Waals surface area contributed by atoms with Gasteiger partial charge in [-0.05, 0) is 12.1 Å². The number of benzene rings is 1. The van der Waals surface area contributed by atoms with E-state index in [2.05, 4.69) is 9.47 Å². The quantitative estimate of drug-likeness (QED) is 0.778. The topological polar surface area (TPSA) is 27.7 Å². The van der Waals surface area contributed by atoms with Gasteiger partial charge in [0.15, 0.2) is 24.7 Å². The SMILES string of the molecule is COc1ccc(OCC(F)(F)F)cc1OCC(F)(F)F. The molecule has 0 saturated heterocycles. The fraction of sp³-hybridized carbons (Fsp3) is 0.455. The highest BCUT2D eigenvalue weighted by Gasteiger charge is 2.30. The normalized spacial score (nSPS) is 12.2. The van der Waals surface area contributed by atoms with Crippen LogP contribution in [0.25, 0.3) is 0 Å². The Balaban J connectivity index is 2.80. The zero-order valence-corrected chi connectivity index (χ0v) is 10.1. The van der Waals surface area contributed by atoms with Crippen LogP contribution in [0.3, 0.4) is 0 Å². The van der Waals surface area contributed by atoms with Crippen LogP contribution in [0.1, 0.15) is 0 Å². The second kappa shape index (κ2) is 6.10. The van der Waals surface area contributed by atoms with Crippen LogP contribution >= 0.6 is 0 Å². The minimum absolute atomic E-state index is 0.0476. The molecule has 114 valence electrons. The van der Waals surface area contributed by atoms with E-state index in [-0.39, 0.29) is 17.2 Å². The van der Waals surface area contributed by atoms with Gasteiger partial charge in [-0.2, -0.15) is 26.3 Å². The van der Waals surface area contributed by atoms with Gasteiger partial charge in [-0.25, -0.2) is 0 Å². The molecule has 0 aliphatic heterocycles. The van der Waals surface area contributed by atoms with Gasteiger partial charge in [0.25, 0.3) is 0 Å². The lowest BCUT2D eigenvalue weighted by atomic mass is 10.3. The minimum atomic E-state index is -4.58. The minimum Gasteiger partial charge on any atom is -0.493 e. The van der Waals surface area contributed by atoms with Gasteiger partial charge < -0.3 is 14.2 Å². The third kappa shape index (κ3) is 5.89. The number of methoxy groups -OCH3 is 1. The summed E-state index contributed by atoms with van der Waals surface area (Å²) in [6.45, 7) is -3.15. The molecule has 0 spiro atoms. The van der Waals surface area contributed by atoms with Gasteiger partial charge in [0, 0.05) is 6.07 Å². The third-order valence-electron chi connectivity index (χ3n) is 1.93. The summed E-state index contributed by atoms with van der Waals surface area (Å²) < 4.78 is 85.6. The number of alkyl halides is 6. The molecule has 20 heavy (non-hydrogen) atoms. The van der Waals surface area contributed by atoms with Crippen molar-refractivity contribution in [2.45, 2.75) is 12.4 Å². The van der Waals surface area contributed by atoms with Gasteiger partial charge in [0.05, 0.1) is 7.11 Å². The number of ether oxygens (including phenoxy) is 3. The fourth-order valence-electron chi connectivity index (χ4n) is 1.18. The molecule has 1 aromatic carbocycles. The lowest BCUT2D eigenvalue weighted by molar-refractivity contribution is -0.154. The molecule has 0 atom stereocenters. The van der Waals surface area contributed by atoms with Gasteiger partial charge in [-0.1, -0.05) is 0 Å². The molecule has 0 aromatic heterocycles. The molecule has 0 aliphatic carbocycles. The second-order valence-electron chi connectivity index (χ2n) is 3.62. The van der Waals surface area contributed by atoms with Gasteiger partial charge >= 0.3 is 12.4 Å². The standard InChI is InChI=1S/C11H10F6O3/c1-18-8-3-2-7(19-5-10(12,13)14)4-9(8)20-6-11(15,16)17/h2-4H,5-6H2,1H3. The van der Waals surface area contributed by atoms with E-state index in [0.29, 0.717) is 0 Å². The second-order valence-corrected chi connectivity index (χ2v) is 3.62. The molecule has 0 heterocycles. The highest BCUT2D eigenvalue weighted by molar-refractivity contribution is 5.45. The van der Waals surface area contributed by atoms with Crippen molar-refractivity contribution in [2.24, 2.45) is 0 Å². The Morgan fingerprint density at radius 2 is 1.40 bits per heavy atom. The summed E-state index contributed by atoms with van der Waals surface area (Å²) in [5.74, 6) is -0.682. The largest absolute Gasteiger partial charge is 0.493 e. The Morgan fingerprint density at radius 3 is 1.90 bits per heavy atom. The third-order valence-corrected chi connectivity index (χ3v) is 1.93. The average Bonchev–Trinajstić information content (AvgIpc) is 2.32. The van der Waals surface area contributed by atoms with Crippen molar-refractivity contribution in [3.8, 4) is 17.2 Å². The van der Waals surface area contributed by atoms with E-state index in [1.807, 2.05) is 0 Å². The molecule has 0 fully saturated rings. The van der Waals surface area contributed by atoms with Crippen molar-refractivity contribution in [1.82, 2.24) is 0 Å². The Kier molecular flexibility index (Phi) is 4.96. The van der Waals surface area contributed by atoms with Crippen LogP contribution in [0.2, 0.25) is 0 Å². The van der Waals surface area contributed by atoms with E-state index in [9.17, 15) is 26.3 Å². The predicted molar refractivity (Wildman–Crippen MR) is 56.1 cm³/mol. The van der Waals surface area contributed by atoms with E-state index < -0.39 is 25.6 Å². The Bertz CT molecular complexity index is 441. The molecule has 0 bridgehead atoms. The van der Waals surface area contributed by atoms with Crippen molar-refractivity contribution in [3.05, 3.63) is 18.2 Å². The van der Waals surface area contributed by atoms with E-state index in [0.717, 1.165) is 18.2 Å². The van der Waals surface area contributed by atoms with Crippen LogP contribution in [0.4, 0.5) is 26.3 Å². The van der Waals surface area contributed by atoms with Gasteiger partial charge in [0.2, 0.25) is 0 Å². The Morgan fingerprint density at radius 1 is 0.850 bits per heavy atom. The van der Waals surface area contributed by atoms with Crippen LogP contribution in [0.5, 0.6) is 17.2 Å². The summed E-state index contributed by atoms with van der Waals surface area (Å²) in [6.07, 6.45) is -9.12. The van der Waals surface area contributed by atoms with Crippen molar-refractivity contribution in [3.63, 3.8) is 0 Å². The molecule has 0 N–H and O–H groups in total. The summed E-state index contributed by atoms with van der Waals surface area (Å²) in [5.41, 5.74) is 0. The molecular weight excluding hydrogens is 294 g/mol. The van der Waals surface area contributed by atoms with Crippen molar-refractivity contribution in [1.29, 1.82) is 0 Å². The fourth-order valence-corrected chi connectivity index (χ4v) is 1.18. The molecule has 0 amide bonds. The number of hydrogen-bond donors (Lipinski definition) is 0. The molecular formula is C11H10F6O3. The van der Waals surface area contributed by atoms with Crippen LogP contribution < -0.4 is 14.2 Å². The lowest BCUT2D eigenvalue weighted by Crippen LogP contribution is -2.20. The first-order valence-electron chi connectivity index (χ1n) is 5.18. The molecule has 0 saturated carbocycles. The molecule has 0 aliphatic rings. The zero-order valence-electron chi connectivity index (χ0n) is 10.1. The first-order chi connectivity index (χ1) is 9.11. The molecule has 0 radical (unpaired) electrons. The van der Waals surface area contributed by atoms with Gasteiger partial charge in [-0.3, -0.25) is 0 Å². The van der Waals surface area contributed by atoms with E-state index in [1.54, 1.807) is 0 Å². The summed E-state index contributed by atoms with van der Waals surface area (Å²) in [6, 6.07) is 3.18. The average molecular weight is 304 g/mol. The summed E-state index contributed by atoms with van der Waals surface area (Å²) in [7, 11) is 1.19. The maximum absolute atomic E-state index is 12.0. The lowest BCUT2D eigenvalue weighted by Gasteiger charge is -2.14. The molecule has 9 heteroatoms. The Labute approximate surface area is 110 Å². The van der Waals surface area contributed by atoms with Gasteiger partial charge in [-0.15, -0.1) is 0 Å². The zero-order chi connectivity index (χ0) is 15.4. The van der Waals surface area contributed by atoms with E-state index >= 15 is 0 Å². The maximum Gasteiger partial charge on any atom is 0.422 e. The predicted octanol–water partition coefficient (Wildman–Crippen LogP) is 3.58. The molecule has 1 rings (SSSR count).